The molecule has 2 aromatic heterocycles. The molecule has 0 radical (unpaired) electrons. The lowest BCUT2D eigenvalue weighted by atomic mass is 9.70. The summed E-state index contributed by atoms with van der Waals surface area (Å²) >= 11 is 0. The summed E-state index contributed by atoms with van der Waals surface area (Å²) in [6.07, 6.45) is 17.5. The van der Waals surface area contributed by atoms with E-state index < -0.39 is 0 Å². The number of rotatable bonds is 18. The Labute approximate surface area is 304 Å². The number of aromatic nitrogens is 4. The SMILES string of the molecule is C#N.C=C/C=C(\C=C)Nc1ncnc2cc(OC)c(C(C)(C)CC(C)(C)c3cnc(CCCCCCC(=O)CC)[nH]3)cc12.CC.CCC(C)C. The molecule has 1 aromatic carbocycles. The van der Waals surface area contributed by atoms with E-state index >= 15 is 0 Å². The van der Waals surface area contributed by atoms with Crippen molar-refractivity contribution in [1.82, 2.24) is 19.9 Å². The van der Waals surface area contributed by atoms with Crippen molar-refractivity contribution in [2.75, 3.05) is 12.4 Å². The van der Waals surface area contributed by atoms with Crippen molar-refractivity contribution >= 4 is 22.5 Å². The number of ketones is 1. The molecule has 8 nitrogen and oxygen atoms in total. The molecule has 0 amide bonds. The third-order valence-electron chi connectivity index (χ3n) is 8.54. The number of carbonyl (C=O) groups is 1. The number of Topliss-reactive ketones (excluding diaryl/α,β-unsaturated/α-hetero) is 1. The predicted octanol–water partition coefficient (Wildman–Crippen LogP) is 11.4. The van der Waals surface area contributed by atoms with Crippen molar-refractivity contribution in [1.29, 1.82) is 5.26 Å². The third-order valence-corrected chi connectivity index (χ3v) is 8.54. The summed E-state index contributed by atoms with van der Waals surface area (Å²) < 4.78 is 5.88. The molecule has 0 bridgehead atoms. The molecule has 276 valence electrons. The number of fused-ring (bicyclic) bond motifs is 1. The Kier molecular flexibility index (Phi) is 22.0. The van der Waals surface area contributed by atoms with Gasteiger partial charge in [-0.2, -0.15) is 0 Å². The minimum absolute atomic E-state index is 0.161. The molecule has 3 rings (SSSR count). The van der Waals surface area contributed by atoms with Gasteiger partial charge < -0.3 is 15.0 Å². The Morgan fingerprint density at radius 2 is 1.66 bits per heavy atom. The van der Waals surface area contributed by atoms with E-state index in [0.29, 0.717) is 24.4 Å². The van der Waals surface area contributed by atoms with E-state index in [1.165, 1.54) is 6.42 Å². The first kappa shape index (κ1) is 45.8. The molecule has 50 heavy (non-hydrogen) atoms. The maximum absolute atomic E-state index is 11.5. The first-order valence-electron chi connectivity index (χ1n) is 18.2. The van der Waals surface area contributed by atoms with Crippen LogP contribution in [0.1, 0.15) is 138 Å². The molecule has 0 aliphatic carbocycles. The van der Waals surface area contributed by atoms with Crippen molar-refractivity contribution in [3.8, 4) is 12.3 Å². The summed E-state index contributed by atoms with van der Waals surface area (Å²) in [6.45, 7) is 32.8. The zero-order valence-corrected chi connectivity index (χ0v) is 33.1. The van der Waals surface area contributed by atoms with Crippen LogP contribution in [0.25, 0.3) is 10.9 Å². The fourth-order valence-electron chi connectivity index (χ4n) is 5.58. The van der Waals surface area contributed by atoms with Gasteiger partial charge in [-0.1, -0.05) is 108 Å². The first-order valence-corrected chi connectivity index (χ1v) is 18.2. The van der Waals surface area contributed by atoms with Crippen LogP contribution in [0.2, 0.25) is 0 Å². The third kappa shape index (κ3) is 15.1. The normalized spacial score (nSPS) is 11.3. The number of hydrogen-bond acceptors (Lipinski definition) is 7. The molecule has 0 aliphatic rings. The van der Waals surface area contributed by atoms with E-state index in [1.807, 2.05) is 39.1 Å². The van der Waals surface area contributed by atoms with Gasteiger partial charge in [0.2, 0.25) is 0 Å². The molecule has 0 atom stereocenters. The molecule has 0 aliphatic heterocycles. The highest BCUT2D eigenvalue weighted by Crippen LogP contribution is 2.43. The lowest BCUT2D eigenvalue weighted by molar-refractivity contribution is -0.118. The number of benzene rings is 1. The maximum atomic E-state index is 11.5. The zero-order chi connectivity index (χ0) is 38.3. The molecular weight excluding hydrogens is 621 g/mol. The molecule has 0 saturated heterocycles. The van der Waals surface area contributed by atoms with Crippen LogP contribution >= 0.6 is 0 Å². The Morgan fingerprint density at radius 3 is 2.22 bits per heavy atom. The summed E-state index contributed by atoms with van der Waals surface area (Å²) in [5.74, 6) is 3.78. The van der Waals surface area contributed by atoms with E-state index in [1.54, 1.807) is 25.6 Å². The minimum atomic E-state index is -0.241. The van der Waals surface area contributed by atoms with Crippen molar-refractivity contribution in [3.05, 3.63) is 78.8 Å². The molecule has 8 heteroatoms. The van der Waals surface area contributed by atoms with Gasteiger partial charge in [0.25, 0.3) is 0 Å². The highest BCUT2D eigenvalue weighted by atomic mass is 16.5. The Morgan fingerprint density at radius 1 is 1.02 bits per heavy atom. The number of aromatic amines is 1. The second-order valence-corrected chi connectivity index (χ2v) is 13.8. The molecule has 0 unspecified atom stereocenters. The van der Waals surface area contributed by atoms with Crippen LogP contribution < -0.4 is 10.1 Å². The number of imidazole rings is 1. The summed E-state index contributed by atoms with van der Waals surface area (Å²) in [4.78, 5) is 28.8. The number of carbonyl (C=O) groups excluding carboxylic acids is 1. The quantitative estimate of drug-likeness (QED) is 0.101. The van der Waals surface area contributed by atoms with E-state index in [9.17, 15) is 4.79 Å². The predicted molar refractivity (Wildman–Crippen MR) is 213 cm³/mol. The van der Waals surface area contributed by atoms with Gasteiger partial charge in [-0.15, -0.1) is 0 Å². The number of hydrogen-bond donors (Lipinski definition) is 2. The molecule has 0 saturated carbocycles. The van der Waals surface area contributed by atoms with Crippen molar-refractivity contribution in [2.24, 2.45) is 5.92 Å². The van der Waals surface area contributed by atoms with Gasteiger partial charge >= 0.3 is 0 Å². The fourth-order valence-corrected chi connectivity index (χ4v) is 5.58. The Hall–Kier alpha value is -4.25. The smallest absolute Gasteiger partial charge is 0.141 e. The van der Waals surface area contributed by atoms with Crippen LogP contribution in [-0.2, 0) is 22.0 Å². The number of aryl methyl sites for hydroxylation is 1. The van der Waals surface area contributed by atoms with Gasteiger partial charge in [0.1, 0.15) is 29.5 Å². The van der Waals surface area contributed by atoms with Crippen LogP contribution in [0.5, 0.6) is 5.75 Å². The van der Waals surface area contributed by atoms with E-state index in [2.05, 4.69) is 94.5 Å². The van der Waals surface area contributed by atoms with Crippen LogP contribution in [0.4, 0.5) is 5.82 Å². The maximum Gasteiger partial charge on any atom is 0.141 e. The molecule has 0 spiro atoms. The van der Waals surface area contributed by atoms with Gasteiger partial charge in [0.05, 0.1) is 12.6 Å². The number of allylic oxidation sites excluding steroid dienone is 3. The highest BCUT2D eigenvalue weighted by molar-refractivity contribution is 5.91. The minimum Gasteiger partial charge on any atom is -0.496 e. The van der Waals surface area contributed by atoms with Crippen LogP contribution in [-0.4, -0.2) is 32.8 Å². The van der Waals surface area contributed by atoms with Gasteiger partial charge in [-0.25, -0.2) is 20.2 Å². The lowest BCUT2D eigenvalue weighted by Crippen LogP contribution is -2.30. The summed E-state index contributed by atoms with van der Waals surface area (Å²) in [5.41, 5.74) is 3.42. The number of nitriles is 1. The topological polar surface area (TPSA) is 117 Å². The number of nitrogens with zero attached hydrogens (tertiary/aromatic N) is 4. The van der Waals surface area contributed by atoms with Gasteiger partial charge in [0, 0.05) is 65.9 Å². The Balaban J connectivity index is 0.00000241. The number of methoxy groups -OCH3 is 1. The number of nitrogens with one attached hydrogen (secondary N) is 2. The Bertz CT molecular complexity index is 1500. The molecule has 0 fully saturated rings. The standard InChI is InChI=1S/C34H47N5O2.C5H12.C2H6.CHN/c1-9-16-24(10-2)38-32-26-19-27(29(41-8)20-28(26)36-23-37-32)33(4,5)22-34(6,7)30-21-35-31(39-30)18-15-13-12-14-17-25(40)11-3;1-4-5(2)3;2*1-2/h9-10,16,19-21,23H,1-2,11-15,17-18,22H2,3-8H3,(H,35,39)(H,36,37,38);5H,4H2,1-3H3;1-2H3;1H/b24-16+;;;. The van der Waals surface area contributed by atoms with Crippen molar-refractivity contribution < 1.29 is 9.53 Å². The molecule has 2 heterocycles. The van der Waals surface area contributed by atoms with Crippen molar-refractivity contribution in [3.63, 3.8) is 0 Å². The summed E-state index contributed by atoms with van der Waals surface area (Å²) in [6, 6.07) is 4.14. The largest absolute Gasteiger partial charge is 0.496 e. The van der Waals surface area contributed by atoms with Gasteiger partial charge in [-0.3, -0.25) is 4.79 Å². The van der Waals surface area contributed by atoms with E-state index in [0.717, 1.165) is 83.9 Å². The summed E-state index contributed by atoms with van der Waals surface area (Å²) in [7, 11) is 1.71. The van der Waals surface area contributed by atoms with Crippen LogP contribution in [0.3, 0.4) is 0 Å². The van der Waals surface area contributed by atoms with E-state index in [4.69, 9.17) is 15.0 Å². The van der Waals surface area contributed by atoms with Crippen LogP contribution in [0, 0.1) is 17.8 Å². The number of H-pyrrole nitrogens is 1. The number of ether oxygens (including phenoxy) is 1. The van der Waals surface area contributed by atoms with Crippen molar-refractivity contribution in [2.45, 2.75) is 138 Å². The van der Waals surface area contributed by atoms with Gasteiger partial charge in [0.15, 0.2) is 0 Å². The van der Waals surface area contributed by atoms with Crippen LogP contribution in [0.15, 0.2) is 61.7 Å². The second kappa shape index (κ2) is 24.0. The average Bonchev–Trinajstić information content (AvgIpc) is 3.60. The summed E-state index contributed by atoms with van der Waals surface area (Å²) in [5, 5.41) is 10.8. The highest BCUT2D eigenvalue weighted by Gasteiger charge is 2.35. The lowest BCUT2D eigenvalue weighted by Gasteiger charge is -2.35. The fraction of sp³-hybridized carbons (Fsp3) is 0.548. The monoisotopic (exact) mass is 687 g/mol. The first-order chi connectivity index (χ1) is 23.8. The molecular formula is C42H66N6O2. The number of unbranched alkanes of at least 4 members (excludes halogenated alkanes) is 3. The van der Waals surface area contributed by atoms with E-state index in [-0.39, 0.29) is 10.8 Å². The van der Waals surface area contributed by atoms with Gasteiger partial charge in [-0.05, 0) is 48.8 Å². The number of anilines is 1. The second-order valence-electron chi connectivity index (χ2n) is 13.8. The molecule has 2 N–H and O–H groups in total. The zero-order valence-electron chi connectivity index (χ0n) is 33.1. The molecule has 3 aromatic rings. The average molecular weight is 687 g/mol.